The number of nitrogens with zero attached hydrogens (tertiary/aromatic N) is 1. The molecule has 0 amide bonds. The van der Waals surface area contributed by atoms with Crippen molar-refractivity contribution in [2.24, 2.45) is 0 Å². The van der Waals surface area contributed by atoms with E-state index in [0.717, 1.165) is 47.7 Å². The Morgan fingerprint density at radius 1 is 1.19 bits per heavy atom. The zero-order valence-electron chi connectivity index (χ0n) is 15.4. The third kappa shape index (κ3) is 3.11. The molecule has 136 valence electrons. The summed E-state index contributed by atoms with van der Waals surface area (Å²) in [5.74, 6) is 1.59. The van der Waals surface area contributed by atoms with Crippen LogP contribution in [0.2, 0.25) is 0 Å². The summed E-state index contributed by atoms with van der Waals surface area (Å²) < 4.78 is 11.3. The smallest absolute Gasteiger partial charge is 0.168 e. The maximum Gasteiger partial charge on any atom is 0.168 e. The van der Waals surface area contributed by atoms with Crippen molar-refractivity contribution in [3.8, 4) is 11.5 Å². The molecule has 0 saturated carbocycles. The van der Waals surface area contributed by atoms with E-state index in [1.165, 1.54) is 5.57 Å². The first kappa shape index (κ1) is 17.1. The van der Waals surface area contributed by atoms with Gasteiger partial charge in [-0.2, -0.15) is 0 Å². The van der Waals surface area contributed by atoms with Gasteiger partial charge in [0.1, 0.15) is 12.2 Å². The van der Waals surface area contributed by atoms with E-state index in [0.29, 0.717) is 13.2 Å². The fourth-order valence-corrected chi connectivity index (χ4v) is 4.09. The van der Waals surface area contributed by atoms with Crippen LogP contribution < -0.4 is 9.47 Å². The monoisotopic (exact) mass is 351 g/mol. The molecular weight excluding hydrogens is 326 g/mol. The second-order valence-corrected chi connectivity index (χ2v) is 7.28. The van der Waals surface area contributed by atoms with E-state index in [-0.39, 0.29) is 0 Å². The number of hydrogen-bond acceptors (Lipinski definition) is 4. The number of benzene rings is 2. The number of hydrogen-bond donors (Lipinski definition) is 1. The Balaban J connectivity index is 1.49. The number of likely N-dealkylation sites (tertiary alicyclic amines) is 1. The maximum atomic E-state index is 11.2. The van der Waals surface area contributed by atoms with Gasteiger partial charge in [-0.15, -0.1) is 0 Å². The lowest BCUT2D eigenvalue weighted by molar-refractivity contribution is 0.0463. The molecule has 0 radical (unpaired) electrons. The third-order valence-corrected chi connectivity index (χ3v) is 5.39. The van der Waals surface area contributed by atoms with Gasteiger partial charge in [-0.25, -0.2) is 0 Å². The summed E-state index contributed by atoms with van der Waals surface area (Å²) in [6.45, 7) is 4.97. The molecule has 1 unspecified atom stereocenters. The summed E-state index contributed by atoms with van der Waals surface area (Å²) in [6, 6.07) is 14.1. The maximum absolute atomic E-state index is 11.2. The molecule has 4 nitrogen and oxygen atoms in total. The first-order valence-corrected chi connectivity index (χ1v) is 9.09. The number of para-hydroxylation sites is 1. The van der Waals surface area contributed by atoms with Gasteiger partial charge in [-0.3, -0.25) is 4.90 Å². The molecule has 0 aliphatic carbocycles. The van der Waals surface area contributed by atoms with Crippen LogP contribution in [-0.2, 0) is 5.60 Å². The molecule has 1 N–H and O–H groups in total. The van der Waals surface area contributed by atoms with Crippen LogP contribution in [0.3, 0.4) is 0 Å². The van der Waals surface area contributed by atoms with Crippen LogP contribution in [0.5, 0.6) is 11.5 Å². The van der Waals surface area contributed by atoms with Crippen LogP contribution in [-0.4, -0.2) is 43.4 Å². The molecule has 1 atom stereocenters. The molecular formula is C22H25NO3. The van der Waals surface area contributed by atoms with E-state index in [4.69, 9.17) is 9.47 Å². The predicted octanol–water partition coefficient (Wildman–Crippen LogP) is 3.37. The van der Waals surface area contributed by atoms with Gasteiger partial charge in [0.15, 0.2) is 11.5 Å². The van der Waals surface area contributed by atoms with Crippen molar-refractivity contribution in [1.82, 2.24) is 4.90 Å². The second-order valence-electron chi connectivity index (χ2n) is 7.28. The Bertz CT molecular complexity index is 845. The van der Waals surface area contributed by atoms with Crippen molar-refractivity contribution in [1.29, 1.82) is 0 Å². The summed E-state index contributed by atoms with van der Waals surface area (Å²) in [7, 11) is 1.66. The van der Waals surface area contributed by atoms with Gasteiger partial charge in [0, 0.05) is 25.2 Å². The highest BCUT2D eigenvalue weighted by Gasteiger charge is 2.38. The van der Waals surface area contributed by atoms with Gasteiger partial charge >= 0.3 is 0 Å². The number of β-amino-alcohol motifs (C(OH)–C–C–N with tert-alkyl or cyclic N) is 1. The number of methoxy groups -OCH3 is 1. The van der Waals surface area contributed by atoms with E-state index in [9.17, 15) is 5.11 Å². The van der Waals surface area contributed by atoms with Gasteiger partial charge in [-0.1, -0.05) is 36.4 Å². The van der Waals surface area contributed by atoms with Gasteiger partial charge in [-0.05, 0) is 42.2 Å². The summed E-state index contributed by atoms with van der Waals surface area (Å²) in [5, 5.41) is 11.2. The molecule has 2 aliphatic heterocycles. The Labute approximate surface area is 154 Å². The standard InChI is InChI=1S/C22H25NO3/c1-16-6-3-4-8-19(16)22(24)10-11-23(15-22)13-17-12-18-7-5-9-20(25-2)21(18)26-14-17/h3-9,12,24H,10-11,13-15H2,1-2H3. The van der Waals surface area contributed by atoms with Crippen LogP contribution in [0.15, 0.2) is 48.0 Å². The third-order valence-electron chi connectivity index (χ3n) is 5.39. The quantitative estimate of drug-likeness (QED) is 0.917. The predicted molar refractivity (Wildman–Crippen MR) is 103 cm³/mol. The van der Waals surface area contributed by atoms with Gasteiger partial charge in [0.2, 0.25) is 0 Å². The number of fused-ring (bicyclic) bond motifs is 1. The van der Waals surface area contributed by atoms with Crippen molar-refractivity contribution in [2.75, 3.05) is 33.4 Å². The highest BCUT2D eigenvalue weighted by atomic mass is 16.5. The summed E-state index contributed by atoms with van der Waals surface area (Å²) >= 11 is 0. The minimum atomic E-state index is -0.761. The van der Waals surface area contributed by atoms with Crippen molar-refractivity contribution in [2.45, 2.75) is 18.9 Å². The number of ether oxygens (including phenoxy) is 2. The van der Waals surface area contributed by atoms with Crippen LogP contribution in [0.4, 0.5) is 0 Å². The van der Waals surface area contributed by atoms with E-state index >= 15 is 0 Å². The van der Waals surface area contributed by atoms with Crippen molar-refractivity contribution in [3.05, 3.63) is 64.7 Å². The van der Waals surface area contributed by atoms with E-state index < -0.39 is 5.60 Å². The highest BCUT2D eigenvalue weighted by Crippen LogP contribution is 2.37. The molecule has 2 heterocycles. The summed E-state index contributed by atoms with van der Waals surface area (Å²) in [5.41, 5.74) is 3.71. The topological polar surface area (TPSA) is 41.9 Å². The molecule has 0 aromatic heterocycles. The zero-order valence-corrected chi connectivity index (χ0v) is 15.4. The molecule has 26 heavy (non-hydrogen) atoms. The largest absolute Gasteiger partial charge is 0.493 e. The highest BCUT2D eigenvalue weighted by molar-refractivity contribution is 5.66. The average molecular weight is 351 g/mol. The zero-order chi connectivity index (χ0) is 18.1. The summed E-state index contributed by atoms with van der Waals surface area (Å²) in [4.78, 5) is 2.31. The van der Waals surface area contributed by atoms with Crippen LogP contribution >= 0.6 is 0 Å². The molecule has 0 spiro atoms. The Morgan fingerprint density at radius 3 is 2.85 bits per heavy atom. The Hall–Kier alpha value is -2.30. The number of aryl methyl sites for hydroxylation is 1. The fraction of sp³-hybridized carbons (Fsp3) is 0.364. The molecule has 4 rings (SSSR count). The fourth-order valence-electron chi connectivity index (χ4n) is 4.09. The van der Waals surface area contributed by atoms with Gasteiger partial charge < -0.3 is 14.6 Å². The lowest BCUT2D eigenvalue weighted by Crippen LogP contribution is -2.33. The summed E-state index contributed by atoms with van der Waals surface area (Å²) in [6.07, 6.45) is 2.95. The van der Waals surface area contributed by atoms with E-state index in [1.54, 1.807) is 7.11 Å². The van der Waals surface area contributed by atoms with Crippen molar-refractivity contribution in [3.63, 3.8) is 0 Å². The Kier molecular flexibility index (Phi) is 4.47. The van der Waals surface area contributed by atoms with E-state index in [2.05, 4.69) is 24.0 Å². The number of rotatable bonds is 4. The van der Waals surface area contributed by atoms with E-state index in [1.807, 2.05) is 36.4 Å². The van der Waals surface area contributed by atoms with Gasteiger partial charge in [0.25, 0.3) is 0 Å². The average Bonchev–Trinajstić information content (AvgIpc) is 3.03. The van der Waals surface area contributed by atoms with Crippen LogP contribution in [0.1, 0.15) is 23.1 Å². The molecule has 1 saturated heterocycles. The molecule has 2 aromatic carbocycles. The molecule has 2 aliphatic rings. The minimum absolute atomic E-state index is 0.562. The SMILES string of the molecule is COc1cccc2c1OCC(CN1CCC(O)(c3ccccc3C)C1)=C2. The molecule has 0 bridgehead atoms. The first-order valence-electron chi connectivity index (χ1n) is 9.09. The lowest BCUT2D eigenvalue weighted by atomic mass is 9.89. The Morgan fingerprint density at radius 2 is 2.04 bits per heavy atom. The molecule has 1 fully saturated rings. The van der Waals surface area contributed by atoms with Crippen molar-refractivity contribution >= 4 is 6.08 Å². The normalized spacial score (nSPS) is 22.5. The van der Waals surface area contributed by atoms with Crippen LogP contribution in [0, 0.1) is 6.92 Å². The van der Waals surface area contributed by atoms with Gasteiger partial charge in [0.05, 0.1) is 7.11 Å². The second kappa shape index (κ2) is 6.78. The molecule has 2 aromatic rings. The first-order chi connectivity index (χ1) is 12.6. The van der Waals surface area contributed by atoms with Crippen molar-refractivity contribution < 1.29 is 14.6 Å². The minimum Gasteiger partial charge on any atom is -0.493 e. The molecule has 4 heteroatoms. The number of aliphatic hydroxyl groups is 1. The lowest BCUT2D eigenvalue weighted by Gasteiger charge is -2.27. The van der Waals surface area contributed by atoms with Crippen LogP contribution in [0.25, 0.3) is 6.08 Å².